The fourth-order valence-corrected chi connectivity index (χ4v) is 1.52. The van der Waals surface area contributed by atoms with Crippen molar-refractivity contribution in [3.63, 3.8) is 0 Å². The maximum Gasteiger partial charge on any atom is 0.407 e. The molecule has 0 aliphatic rings. The molecule has 0 aliphatic heterocycles. The standard InChI is InChI=1S/C15H28N2O4/c1-7-9-20-13(18)16-10-12(11(3)8-2)17-14(19)21-15(4,5)6/h7,11-12H,1,8-10H2,2-6H3,(H,16,18)(H,17,19)/t11-,12+/m0/s1. The first kappa shape index (κ1) is 19.3. The van der Waals surface area contributed by atoms with E-state index >= 15 is 0 Å². The summed E-state index contributed by atoms with van der Waals surface area (Å²) in [6.07, 6.45) is 1.33. The number of rotatable bonds is 7. The highest BCUT2D eigenvalue weighted by molar-refractivity contribution is 5.69. The van der Waals surface area contributed by atoms with E-state index in [9.17, 15) is 9.59 Å². The maximum atomic E-state index is 11.8. The Hall–Kier alpha value is -1.72. The molecule has 0 unspecified atom stereocenters. The third-order valence-corrected chi connectivity index (χ3v) is 2.83. The number of carbonyl (C=O) groups excluding carboxylic acids is 2. The van der Waals surface area contributed by atoms with E-state index in [1.54, 1.807) is 20.8 Å². The number of ether oxygens (including phenoxy) is 2. The van der Waals surface area contributed by atoms with E-state index in [1.807, 2.05) is 13.8 Å². The van der Waals surface area contributed by atoms with Gasteiger partial charge in [0.1, 0.15) is 12.2 Å². The van der Waals surface area contributed by atoms with Crippen molar-refractivity contribution in [2.75, 3.05) is 13.2 Å². The molecule has 0 fully saturated rings. The largest absolute Gasteiger partial charge is 0.445 e. The summed E-state index contributed by atoms with van der Waals surface area (Å²) in [5, 5.41) is 5.41. The summed E-state index contributed by atoms with van der Waals surface area (Å²) < 4.78 is 10.1. The van der Waals surface area contributed by atoms with Crippen molar-refractivity contribution in [1.29, 1.82) is 0 Å². The Labute approximate surface area is 127 Å². The van der Waals surface area contributed by atoms with E-state index in [0.717, 1.165) is 6.42 Å². The monoisotopic (exact) mass is 300 g/mol. The van der Waals surface area contributed by atoms with Crippen molar-refractivity contribution >= 4 is 12.2 Å². The first-order chi connectivity index (χ1) is 9.69. The molecule has 6 nitrogen and oxygen atoms in total. The summed E-state index contributed by atoms with van der Waals surface area (Å²) in [5.74, 6) is 0.192. The Morgan fingerprint density at radius 2 is 1.90 bits per heavy atom. The zero-order chi connectivity index (χ0) is 16.5. The van der Waals surface area contributed by atoms with Crippen molar-refractivity contribution in [2.45, 2.75) is 52.7 Å². The van der Waals surface area contributed by atoms with Gasteiger partial charge in [-0.3, -0.25) is 0 Å². The van der Waals surface area contributed by atoms with Crippen LogP contribution in [0.4, 0.5) is 9.59 Å². The van der Waals surface area contributed by atoms with E-state index in [-0.39, 0.29) is 25.1 Å². The Bertz CT molecular complexity index is 350. The van der Waals surface area contributed by atoms with Crippen molar-refractivity contribution in [2.24, 2.45) is 5.92 Å². The molecule has 2 atom stereocenters. The minimum atomic E-state index is -0.555. The molecule has 0 aromatic heterocycles. The van der Waals surface area contributed by atoms with Crippen LogP contribution < -0.4 is 10.6 Å². The number of hydrogen-bond acceptors (Lipinski definition) is 4. The molecule has 2 amide bonds. The van der Waals surface area contributed by atoms with E-state index in [1.165, 1.54) is 6.08 Å². The lowest BCUT2D eigenvalue weighted by molar-refractivity contribution is 0.0485. The van der Waals surface area contributed by atoms with Gasteiger partial charge in [-0.2, -0.15) is 0 Å². The Morgan fingerprint density at radius 3 is 2.38 bits per heavy atom. The molecule has 0 aliphatic carbocycles. The molecule has 122 valence electrons. The van der Waals surface area contributed by atoms with Gasteiger partial charge in [0.2, 0.25) is 0 Å². The molecule has 0 radical (unpaired) electrons. The molecular formula is C15H28N2O4. The van der Waals surface area contributed by atoms with Gasteiger partial charge in [-0.15, -0.1) is 0 Å². The van der Waals surface area contributed by atoms with Gasteiger partial charge in [0, 0.05) is 6.54 Å². The minimum Gasteiger partial charge on any atom is -0.445 e. The third-order valence-electron chi connectivity index (χ3n) is 2.83. The summed E-state index contributed by atoms with van der Waals surface area (Å²) in [7, 11) is 0. The zero-order valence-corrected chi connectivity index (χ0v) is 13.7. The van der Waals surface area contributed by atoms with Gasteiger partial charge in [0.15, 0.2) is 0 Å². The second-order valence-electron chi connectivity index (χ2n) is 5.91. The Morgan fingerprint density at radius 1 is 1.29 bits per heavy atom. The topological polar surface area (TPSA) is 76.7 Å². The molecule has 2 N–H and O–H groups in total. The van der Waals surface area contributed by atoms with Crippen LogP contribution in [0, 0.1) is 5.92 Å². The summed E-state index contributed by atoms with van der Waals surface area (Å²) in [4.78, 5) is 23.2. The van der Waals surface area contributed by atoms with Gasteiger partial charge in [-0.25, -0.2) is 9.59 Å². The predicted octanol–water partition coefficient (Wildman–Crippen LogP) is 2.84. The maximum absolute atomic E-state index is 11.8. The smallest absolute Gasteiger partial charge is 0.407 e. The summed E-state index contributed by atoms with van der Waals surface area (Å²) in [6.45, 7) is 13.3. The van der Waals surface area contributed by atoms with Crippen LogP contribution in [0.2, 0.25) is 0 Å². The van der Waals surface area contributed by atoms with Crippen molar-refractivity contribution in [1.82, 2.24) is 10.6 Å². The number of carbonyl (C=O) groups is 2. The summed E-state index contributed by atoms with van der Waals surface area (Å²) >= 11 is 0. The van der Waals surface area contributed by atoms with E-state index < -0.39 is 17.8 Å². The lowest BCUT2D eigenvalue weighted by Gasteiger charge is -2.27. The summed E-state index contributed by atoms with van der Waals surface area (Å²) in [6, 6.07) is -0.221. The van der Waals surface area contributed by atoms with Crippen LogP contribution in [0.1, 0.15) is 41.0 Å². The van der Waals surface area contributed by atoms with Crippen molar-refractivity contribution in [3.8, 4) is 0 Å². The van der Waals surface area contributed by atoms with E-state index in [0.29, 0.717) is 0 Å². The fraction of sp³-hybridized carbons (Fsp3) is 0.733. The first-order valence-electron chi connectivity index (χ1n) is 7.20. The molecule has 0 bridgehead atoms. The van der Waals surface area contributed by atoms with Gasteiger partial charge in [-0.1, -0.05) is 32.9 Å². The van der Waals surface area contributed by atoms with E-state index in [4.69, 9.17) is 9.47 Å². The Kier molecular flexibility index (Phi) is 8.50. The zero-order valence-electron chi connectivity index (χ0n) is 13.7. The second kappa shape index (κ2) is 9.26. The van der Waals surface area contributed by atoms with Crippen LogP contribution in [0.3, 0.4) is 0 Å². The highest BCUT2D eigenvalue weighted by Crippen LogP contribution is 2.10. The first-order valence-corrected chi connectivity index (χ1v) is 7.20. The number of hydrogen-bond donors (Lipinski definition) is 2. The van der Waals surface area contributed by atoms with Crippen LogP contribution >= 0.6 is 0 Å². The number of alkyl carbamates (subject to hydrolysis) is 2. The fourth-order valence-electron chi connectivity index (χ4n) is 1.52. The van der Waals surface area contributed by atoms with Crippen molar-refractivity contribution < 1.29 is 19.1 Å². The van der Waals surface area contributed by atoms with Gasteiger partial charge in [-0.05, 0) is 26.7 Å². The lowest BCUT2D eigenvalue weighted by atomic mass is 9.99. The van der Waals surface area contributed by atoms with Crippen molar-refractivity contribution in [3.05, 3.63) is 12.7 Å². The lowest BCUT2D eigenvalue weighted by Crippen LogP contribution is -2.48. The molecule has 0 rings (SSSR count). The van der Waals surface area contributed by atoms with Crippen LogP contribution in [0.25, 0.3) is 0 Å². The molecule has 0 aromatic carbocycles. The third kappa shape index (κ3) is 9.76. The molecule has 0 spiro atoms. The van der Waals surface area contributed by atoms with Gasteiger partial charge in [0.05, 0.1) is 6.04 Å². The molecule has 6 heteroatoms. The minimum absolute atomic E-state index is 0.152. The van der Waals surface area contributed by atoms with Gasteiger partial charge >= 0.3 is 12.2 Å². The van der Waals surface area contributed by atoms with E-state index in [2.05, 4.69) is 17.2 Å². The Balaban J connectivity index is 4.42. The van der Waals surface area contributed by atoms with Gasteiger partial charge in [0.25, 0.3) is 0 Å². The normalized spacial score (nSPS) is 13.8. The molecular weight excluding hydrogens is 272 g/mol. The van der Waals surface area contributed by atoms with Crippen LogP contribution in [-0.2, 0) is 9.47 Å². The second-order valence-corrected chi connectivity index (χ2v) is 5.91. The predicted molar refractivity (Wildman–Crippen MR) is 82.2 cm³/mol. The SMILES string of the molecule is C=CCOC(=O)NC[C@@H](NC(=O)OC(C)(C)C)[C@@H](C)CC. The average molecular weight is 300 g/mol. The molecule has 0 saturated heterocycles. The number of nitrogens with one attached hydrogen (secondary N) is 2. The molecule has 0 aromatic rings. The van der Waals surface area contributed by atoms with Crippen LogP contribution in [0.15, 0.2) is 12.7 Å². The molecule has 0 saturated carbocycles. The molecule has 21 heavy (non-hydrogen) atoms. The highest BCUT2D eigenvalue weighted by atomic mass is 16.6. The average Bonchev–Trinajstić information content (AvgIpc) is 2.37. The molecule has 0 heterocycles. The van der Waals surface area contributed by atoms with Gasteiger partial charge < -0.3 is 20.1 Å². The quantitative estimate of drug-likeness (QED) is 0.709. The summed E-state index contributed by atoms with van der Waals surface area (Å²) in [5.41, 5.74) is -0.555. The van der Waals surface area contributed by atoms with Crippen LogP contribution in [0.5, 0.6) is 0 Å². The highest BCUT2D eigenvalue weighted by Gasteiger charge is 2.23. The van der Waals surface area contributed by atoms with Crippen LogP contribution in [-0.4, -0.2) is 37.0 Å². The number of amides is 2.